The largest absolute Gasteiger partial charge is 0.507 e. The van der Waals surface area contributed by atoms with E-state index in [0.717, 1.165) is 16.7 Å². The van der Waals surface area contributed by atoms with Crippen molar-refractivity contribution in [3.63, 3.8) is 0 Å². The van der Waals surface area contributed by atoms with E-state index in [-0.39, 0.29) is 35.2 Å². The lowest BCUT2D eigenvalue weighted by Gasteiger charge is -2.28. The molecule has 7 heteroatoms. The Morgan fingerprint density at radius 3 is 1.89 bits per heavy atom. The van der Waals surface area contributed by atoms with Crippen molar-refractivity contribution in [1.29, 1.82) is 0 Å². The topological polar surface area (TPSA) is 101 Å². The molecule has 0 aromatic heterocycles. The molecule has 1 unspecified atom stereocenters. The Morgan fingerprint density at radius 2 is 1.48 bits per heavy atom. The van der Waals surface area contributed by atoms with Crippen LogP contribution < -0.4 is 0 Å². The van der Waals surface area contributed by atoms with Gasteiger partial charge in [0.1, 0.15) is 18.1 Å². The Labute approximate surface area is 161 Å². The highest BCUT2D eigenvalue weighted by atomic mass is 31.1. The van der Waals surface area contributed by atoms with Gasteiger partial charge in [0.25, 0.3) is 0 Å². The lowest BCUT2D eigenvalue weighted by Crippen LogP contribution is -2.18. The van der Waals surface area contributed by atoms with E-state index in [2.05, 4.69) is 4.52 Å². The maximum atomic E-state index is 12.0. The number of hydrogen-bond acceptors (Lipinski definition) is 5. The molecule has 0 spiro atoms. The first-order chi connectivity index (χ1) is 12.2. The van der Waals surface area contributed by atoms with Crippen LogP contribution in [-0.4, -0.2) is 28.2 Å². The number of ketones is 2. The monoisotopic (exact) mass is 398 g/mol. The van der Waals surface area contributed by atoms with Crippen LogP contribution >= 0.6 is 8.25 Å². The number of benzene rings is 1. The third kappa shape index (κ3) is 7.57. The highest BCUT2D eigenvalue weighted by Gasteiger charge is 2.26. The molecule has 1 rings (SSSR count). The number of hydrogen-bond donors (Lipinski definition) is 2. The average molecular weight is 398 g/mol. The van der Waals surface area contributed by atoms with Crippen molar-refractivity contribution in [3.05, 3.63) is 28.8 Å². The number of carbonyl (C=O) groups excluding carboxylic acids is 2. The van der Waals surface area contributed by atoms with E-state index in [0.29, 0.717) is 6.42 Å². The zero-order valence-electron chi connectivity index (χ0n) is 17.0. The molecule has 0 aliphatic carbocycles. The normalized spacial score (nSPS) is 13.4. The molecule has 0 saturated carbocycles. The van der Waals surface area contributed by atoms with Gasteiger partial charge in [-0.3, -0.25) is 14.2 Å². The highest BCUT2D eigenvalue weighted by molar-refractivity contribution is 7.32. The van der Waals surface area contributed by atoms with Crippen LogP contribution in [0.1, 0.15) is 71.1 Å². The number of rotatable bonds is 8. The van der Waals surface area contributed by atoms with Crippen molar-refractivity contribution in [3.8, 4) is 5.75 Å². The first-order valence-corrected chi connectivity index (χ1v) is 10.2. The SMILES string of the molecule is CC(C)(C)c1cc(CCC(=O)CC(=O)CO[PH](=O)O)cc(C(C)(C)C)c1O. The highest BCUT2D eigenvalue weighted by Crippen LogP contribution is 2.40. The van der Waals surface area contributed by atoms with Crippen LogP contribution in [0.4, 0.5) is 0 Å². The van der Waals surface area contributed by atoms with Crippen LogP contribution in [0, 0.1) is 0 Å². The molecule has 1 aromatic rings. The minimum absolute atomic E-state index is 0.179. The smallest absolute Gasteiger partial charge is 0.317 e. The molecule has 6 nitrogen and oxygen atoms in total. The zero-order valence-corrected chi connectivity index (χ0v) is 18.0. The van der Waals surface area contributed by atoms with E-state index < -0.39 is 20.6 Å². The van der Waals surface area contributed by atoms with E-state index in [1.54, 1.807) is 0 Å². The Hall–Kier alpha value is -1.49. The van der Waals surface area contributed by atoms with E-state index in [1.165, 1.54) is 0 Å². The van der Waals surface area contributed by atoms with Crippen LogP contribution in [0.3, 0.4) is 0 Å². The lowest BCUT2D eigenvalue weighted by atomic mass is 9.78. The second-order valence-electron chi connectivity index (χ2n) is 8.85. The molecule has 0 heterocycles. The lowest BCUT2D eigenvalue weighted by molar-refractivity contribution is -0.128. The van der Waals surface area contributed by atoms with Gasteiger partial charge in [-0.2, -0.15) is 0 Å². The second-order valence-corrected chi connectivity index (χ2v) is 9.67. The van der Waals surface area contributed by atoms with E-state index in [1.807, 2.05) is 53.7 Å². The van der Waals surface area contributed by atoms with E-state index in [4.69, 9.17) is 4.89 Å². The predicted molar refractivity (Wildman–Crippen MR) is 106 cm³/mol. The van der Waals surface area contributed by atoms with E-state index in [9.17, 15) is 19.3 Å². The molecule has 0 aliphatic heterocycles. The van der Waals surface area contributed by atoms with Crippen LogP contribution in [0.15, 0.2) is 12.1 Å². The van der Waals surface area contributed by atoms with Gasteiger partial charge in [0.2, 0.25) is 0 Å². The Morgan fingerprint density at radius 1 is 1.00 bits per heavy atom. The van der Waals surface area contributed by atoms with Gasteiger partial charge in [-0.25, -0.2) is 0 Å². The summed E-state index contributed by atoms with van der Waals surface area (Å²) in [6.45, 7) is 11.6. The summed E-state index contributed by atoms with van der Waals surface area (Å²) in [6.07, 6.45) is 0.319. The average Bonchev–Trinajstić information content (AvgIpc) is 2.49. The Kier molecular flexibility index (Phi) is 7.97. The first-order valence-electron chi connectivity index (χ1n) is 8.97. The van der Waals surface area contributed by atoms with Crippen molar-refractivity contribution in [2.45, 2.75) is 71.6 Å². The van der Waals surface area contributed by atoms with Crippen LogP contribution in [0.25, 0.3) is 0 Å². The van der Waals surface area contributed by atoms with Gasteiger partial charge in [0, 0.05) is 6.42 Å². The molecule has 152 valence electrons. The van der Waals surface area contributed by atoms with Crippen LogP contribution in [0.5, 0.6) is 5.75 Å². The fraction of sp³-hybridized carbons (Fsp3) is 0.600. The molecule has 0 aliphatic rings. The summed E-state index contributed by atoms with van der Waals surface area (Å²) in [5.74, 6) is -0.468. The molecular weight excluding hydrogens is 367 g/mol. The summed E-state index contributed by atoms with van der Waals surface area (Å²) >= 11 is 0. The fourth-order valence-electron chi connectivity index (χ4n) is 2.77. The third-order valence-electron chi connectivity index (χ3n) is 4.23. The van der Waals surface area contributed by atoms with Gasteiger partial charge < -0.3 is 14.5 Å². The van der Waals surface area contributed by atoms with Gasteiger partial charge >= 0.3 is 8.25 Å². The quantitative estimate of drug-likeness (QED) is 0.510. The van der Waals surface area contributed by atoms with Gasteiger partial charge in [0.15, 0.2) is 5.78 Å². The molecule has 0 saturated heterocycles. The van der Waals surface area contributed by atoms with E-state index >= 15 is 0 Å². The zero-order chi connectivity index (χ0) is 21.0. The standard InChI is InChI=1S/C20H31O6P/c1-19(2,3)16-9-13(10-17(18(16)23)20(4,5)6)7-8-14(21)11-15(22)12-26-27(24)25/h9-10,23,27H,7-8,11-12H2,1-6H3,(H,24,25). The maximum Gasteiger partial charge on any atom is 0.317 e. The van der Waals surface area contributed by atoms with Gasteiger partial charge in [-0.05, 0) is 33.9 Å². The number of aryl methyl sites for hydroxylation is 1. The van der Waals surface area contributed by atoms with Crippen molar-refractivity contribution >= 4 is 19.8 Å². The molecule has 27 heavy (non-hydrogen) atoms. The van der Waals surface area contributed by atoms with Gasteiger partial charge in [-0.15, -0.1) is 0 Å². The Balaban J connectivity index is 2.93. The molecule has 0 radical (unpaired) electrons. The minimum Gasteiger partial charge on any atom is -0.507 e. The summed E-state index contributed by atoms with van der Waals surface area (Å²) in [7, 11) is -3.17. The molecule has 0 bridgehead atoms. The molecule has 2 N–H and O–H groups in total. The van der Waals surface area contributed by atoms with Gasteiger partial charge in [0.05, 0.1) is 6.42 Å². The predicted octanol–water partition coefficient (Wildman–Crippen LogP) is 3.85. The van der Waals surface area contributed by atoms with Crippen LogP contribution in [-0.2, 0) is 35.9 Å². The molecule has 1 atom stereocenters. The summed E-state index contributed by atoms with van der Waals surface area (Å²) in [5, 5.41) is 10.7. The van der Waals surface area contributed by atoms with Crippen molar-refractivity contribution < 1.29 is 28.7 Å². The van der Waals surface area contributed by atoms with Crippen molar-refractivity contribution in [2.24, 2.45) is 0 Å². The molecule has 0 fully saturated rings. The first kappa shape index (κ1) is 23.5. The molecular formula is C20H31O6P. The Bertz CT molecular complexity index is 690. The third-order valence-corrected chi connectivity index (χ3v) is 4.62. The summed E-state index contributed by atoms with van der Waals surface area (Å²) < 4.78 is 14.8. The number of phenolic OH excluding ortho intramolecular Hbond substituents is 1. The van der Waals surface area contributed by atoms with Gasteiger partial charge in [-0.1, -0.05) is 53.7 Å². The number of carbonyl (C=O) groups is 2. The molecule has 1 aromatic carbocycles. The second kappa shape index (κ2) is 9.13. The van der Waals surface area contributed by atoms with Crippen molar-refractivity contribution in [2.75, 3.05) is 6.61 Å². The summed E-state index contributed by atoms with van der Waals surface area (Å²) in [5.41, 5.74) is 2.09. The van der Waals surface area contributed by atoms with Crippen molar-refractivity contribution in [1.82, 2.24) is 0 Å². The molecule has 0 amide bonds. The summed E-state index contributed by atoms with van der Waals surface area (Å²) in [4.78, 5) is 32.2. The van der Waals surface area contributed by atoms with Crippen LogP contribution in [0.2, 0.25) is 0 Å². The number of Topliss-reactive ketones (excluding diaryl/α,β-unsaturated/α-hetero) is 2. The maximum absolute atomic E-state index is 12.0. The number of phenols is 1. The minimum atomic E-state index is -3.17. The number of aromatic hydroxyl groups is 1. The summed E-state index contributed by atoms with van der Waals surface area (Å²) in [6, 6.07) is 3.83. The fourth-order valence-corrected chi connectivity index (χ4v) is 3.05.